The van der Waals surface area contributed by atoms with Crippen molar-refractivity contribution in [1.82, 2.24) is 9.97 Å². The van der Waals surface area contributed by atoms with Gasteiger partial charge in [-0.15, -0.1) is 0 Å². The second-order valence-electron chi connectivity index (χ2n) is 10.4. The number of aliphatic hydroxyl groups is 3. The van der Waals surface area contributed by atoms with Gasteiger partial charge in [-0.1, -0.05) is 51.7 Å². The summed E-state index contributed by atoms with van der Waals surface area (Å²) < 4.78 is 11.2. The zero-order valence-electron chi connectivity index (χ0n) is 22.9. The molecule has 5 atom stereocenters. The summed E-state index contributed by atoms with van der Waals surface area (Å²) in [7, 11) is 0. The average molecular weight is 555 g/mol. The summed E-state index contributed by atoms with van der Waals surface area (Å²) in [6, 6.07) is 11.0. The van der Waals surface area contributed by atoms with Crippen LogP contribution in [0.1, 0.15) is 63.5 Å². The molecule has 4 rings (SSSR count). The van der Waals surface area contributed by atoms with Crippen molar-refractivity contribution in [3.63, 3.8) is 0 Å². The molecular weight excluding hydrogens is 516 g/mol. The summed E-state index contributed by atoms with van der Waals surface area (Å²) >= 11 is 0. The monoisotopic (exact) mass is 554 g/mol. The number of aryl methyl sites for hydroxylation is 2. The second-order valence-corrected chi connectivity index (χ2v) is 10.4. The van der Waals surface area contributed by atoms with Crippen molar-refractivity contribution < 1.29 is 34.7 Å². The fourth-order valence-electron chi connectivity index (χ4n) is 4.92. The highest BCUT2D eigenvalue weighted by atomic mass is 16.7. The molecule has 0 bridgehead atoms. The van der Waals surface area contributed by atoms with Crippen LogP contribution in [0.15, 0.2) is 41.2 Å². The van der Waals surface area contributed by atoms with E-state index in [0.29, 0.717) is 16.5 Å². The van der Waals surface area contributed by atoms with Crippen molar-refractivity contribution >= 4 is 16.9 Å². The van der Waals surface area contributed by atoms with E-state index < -0.39 is 36.7 Å². The van der Waals surface area contributed by atoms with Gasteiger partial charge in [-0.05, 0) is 61.1 Å². The van der Waals surface area contributed by atoms with E-state index in [1.807, 2.05) is 30.3 Å². The lowest BCUT2D eigenvalue weighted by molar-refractivity contribution is -0.271. The number of H-pyrrole nitrogens is 1. The SMILES string of the molecule is CCCCCc1ccc(O[C@@H]2OC(C(=O)O)[C@H](O)[C@H](O)C2O)c(-c2nc3ccc(CCCCC)cc3c(=O)[nH]2)c1. The van der Waals surface area contributed by atoms with E-state index in [2.05, 4.69) is 18.8 Å². The summed E-state index contributed by atoms with van der Waals surface area (Å²) in [6.07, 6.45) is -0.745. The third-order valence-electron chi connectivity index (χ3n) is 7.26. The van der Waals surface area contributed by atoms with E-state index in [9.17, 15) is 30.0 Å². The van der Waals surface area contributed by atoms with Gasteiger partial charge in [0.25, 0.3) is 5.56 Å². The number of ether oxygens (including phenoxy) is 2. The first-order chi connectivity index (χ1) is 19.2. The number of aliphatic hydroxyl groups excluding tert-OH is 3. The number of unbranched alkanes of at least 4 members (excludes halogenated alkanes) is 4. The molecule has 5 N–H and O–H groups in total. The standard InChI is InChI=1S/C30H38N2O8/c1-3-5-7-9-17-11-13-21-19(15-17)28(36)32-27(31-21)20-16-18(10-8-6-4-2)12-14-22(20)39-30-25(35)23(33)24(34)26(40-30)29(37)38/h11-16,23-26,30,33-35H,3-10H2,1-2H3,(H,37,38)(H,31,32,36)/t23-,24+,25?,26?,30+/m0/s1. The maximum atomic E-state index is 13.2. The molecule has 2 unspecified atom stereocenters. The number of carbonyl (C=O) groups is 1. The molecule has 0 spiro atoms. The third kappa shape index (κ3) is 6.69. The molecule has 0 radical (unpaired) electrons. The second kappa shape index (κ2) is 13.4. The molecule has 1 aromatic heterocycles. The van der Waals surface area contributed by atoms with E-state index in [0.717, 1.165) is 62.5 Å². The Balaban J connectivity index is 1.71. The molecule has 0 saturated carbocycles. The van der Waals surface area contributed by atoms with Gasteiger partial charge in [-0.3, -0.25) is 4.79 Å². The van der Waals surface area contributed by atoms with Crippen LogP contribution in [0, 0.1) is 0 Å². The maximum Gasteiger partial charge on any atom is 0.335 e. The van der Waals surface area contributed by atoms with Crippen molar-refractivity contribution in [2.75, 3.05) is 0 Å². The van der Waals surface area contributed by atoms with Crippen LogP contribution < -0.4 is 10.3 Å². The van der Waals surface area contributed by atoms with Crippen LogP contribution in [-0.4, -0.2) is 67.1 Å². The summed E-state index contributed by atoms with van der Waals surface area (Å²) in [6.45, 7) is 4.26. The van der Waals surface area contributed by atoms with Crippen LogP contribution in [0.2, 0.25) is 0 Å². The van der Waals surface area contributed by atoms with Gasteiger partial charge in [0.1, 0.15) is 29.9 Å². The van der Waals surface area contributed by atoms with Crippen molar-refractivity contribution in [2.45, 2.75) is 95.9 Å². The molecule has 0 amide bonds. The molecule has 3 aromatic rings. The molecule has 1 fully saturated rings. The predicted molar refractivity (Wildman–Crippen MR) is 149 cm³/mol. The number of nitrogens with one attached hydrogen (secondary N) is 1. The smallest absolute Gasteiger partial charge is 0.335 e. The molecule has 1 saturated heterocycles. The minimum absolute atomic E-state index is 0.162. The molecule has 1 aliphatic heterocycles. The van der Waals surface area contributed by atoms with Gasteiger partial charge in [-0.2, -0.15) is 0 Å². The quantitative estimate of drug-likeness (QED) is 0.211. The Morgan fingerprint density at radius 2 is 1.57 bits per heavy atom. The van der Waals surface area contributed by atoms with E-state index in [-0.39, 0.29) is 17.1 Å². The van der Waals surface area contributed by atoms with Gasteiger partial charge >= 0.3 is 5.97 Å². The third-order valence-corrected chi connectivity index (χ3v) is 7.26. The zero-order chi connectivity index (χ0) is 28.8. The number of hydrogen-bond donors (Lipinski definition) is 5. The molecule has 1 aliphatic rings. The Labute approximate surface area is 232 Å². The number of hydrogen-bond acceptors (Lipinski definition) is 8. The highest BCUT2D eigenvalue weighted by Gasteiger charge is 2.48. The number of carboxylic acids is 1. The summed E-state index contributed by atoms with van der Waals surface area (Å²) in [5.41, 5.74) is 2.68. The van der Waals surface area contributed by atoms with Crippen LogP contribution in [0.4, 0.5) is 0 Å². The zero-order valence-corrected chi connectivity index (χ0v) is 22.9. The Kier molecular flexibility index (Phi) is 9.91. The van der Waals surface area contributed by atoms with E-state index >= 15 is 0 Å². The van der Waals surface area contributed by atoms with Crippen LogP contribution >= 0.6 is 0 Å². The molecule has 216 valence electrons. The van der Waals surface area contributed by atoms with Crippen LogP contribution in [0.3, 0.4) is 0 Å². The van der Waals surface area contributed by atoms with Crippen LogP contribution in [-0.2, 0) is 22.4 Å². The van der Waals surface area contributed by atoms with Crippen molar-refractivity contribution in [3.8, 4) is 17.1 Å². The molecular formula is C30H38N2O8. The Bertz CT molecular complexity index is 1370. The first kappa shape index (κ1) is 29.7. The normalized spacial score (nSPS) is 22.9. The fraction of sp³-hybridized carbons (Fsp3) is 0.500. The number of aromatic nitrogens is 2. The number of carboxylic acid groups (broad SMARTS) is 1. The Hall–Kier alpha value is -3.31. The number of nitrogens with zero attached hydrogens (tertiary/aromatic N) is 1. The highest BCUT2D eigenvalue weighted by molar-refractivity contribution is 5.81. The first-order valence-electron chi connectivity index (χ1n) is 14.0. The van der Waals surface area contributed by atoms with Crippen molar-refractivity contribution in [3.05, 3.63) is 57.9 Å². The number of rotatable bonds is 12. The Morgan fingerprint density at radius 3 is 2.23 bits per heavy atom. The highest BCUT2D eigenvalue weighted by Crippen LogP contribution is 2.33. The molecule has 0 aliphatic carbocycles. The summed E-state index contributed by atoms with van der Waals surface area (Å²) in [5, 5.41) is 40.6. The number of fused-ring (bicyclic) bond motifs is 1. The minimum Gasteiger partial charge on any atom is -0.479 e. The van der Waals surface area contributed by atoms with Gasteiger partial charge < -0.3 is 34.9 Å². The molecule has 10 heteroatoms. The lowest BCUT2D eigenvalue weighted by Crippen LogP contribution is -2.61. The molecule has 10 nitrogen and oxygen atoms in total. The van der Waals surface area contributed by atoms with Gasteiger partial charge in [-0.25, -0.2) is 9.78 Å². The molecule has 40 heavy (non-hydrogen) atoms. The van der Waals surface area contributed by atoms with E-state index in [1.54, 1.807) is 6.07 Å². The summed E-state index contributed by atoms with van der Waals surface area (Å²) in [5.74, 6) is -1.10. The van der Waals surface area contributed by atoms with E-state index in [1.165, 1.54) is 0 Å². The Morgan fingerprint density at radius 1 is 0.925 bits per heavy atom. The number of benzene rings is 2. The van der Waals surface area contributed by atoms with Crippen LogP contribution in [0.5, 0.6) is 5.75 Å². The average Bonchev–Trinajstić information content (AvgIpc) is 2.94. The lowest BCUT2D eigenvalue weighted by atomic mass is 9.99. The lowest BCUT2D eigenvalue weighted by Gasteiger charge is -2.38. The van der Waals surface area contributed by atoms with Crippen molar-refractivity contribution in [2.24, 2.45) is 0 Å². The van der Waals surface area contributed by atoms with Crippen LogP contribution in [0.25, 0.3) is 22.3 Å². The predicted octanol–water partition coefficient (Wildman–Crippen LogP) is 3.33. The topological polar surface area (TPSA) is 162 Å². The fourth-order valence-corrected chi connectivity index (χ4v) is 4.92. The number of aliphatic carboxylic acids is 1. The molecule has 2 aromatic carbocycles. The van der Waals surface area contributed by atoms with Gasteiger partial charge in [0.15, 0.2) is 6.10 Å². The minimum atomic E-state index is -1.84. The number of aromatic amines is 1. The van der Waals surface area contributed by atoms with Crippen molar-refractivity contribution in [1.29, 1.82) is 0 Å². The summed E-state index contributed by atoms with van der Waals surface area (Å²) in [4.78, 5) is 32.3. The molecule has 2 heterocycles. The van der Waals surface area contributed by atoms with Gasteiger partial charge in [0.05, 0.1) is 16.5 Å². The largest absolute Gasteiger partial charge is 0.479 e. The van der Waals surface area contributed by atoms with Gasteiger partial charge in [0.2, 0.25) is 6.29 Å². The van der Waals surface area contributed by atoms with Gasteiger partial charge in [0, 0.05) is 0 Å². The van der Waals surface area contributed by atoms with E-state index in [4.69, 9.17) is 14.5 Å². The first-order valence-corrected chi connectivity index (χ1v) is 14.0. The maximum absolute atomic E-state index is 13.2.